The molecule has 1 fully saturated rings. The van der Waals surface area contributed by atoms with Crippen molar-refractivity contribution in [3.05, 3.63) is 220 Å². The van der Waals surface area contributed by atoms with Gasteiger partial charge in [-0.25, -0.2) is 47.7 Å². The van der Waals surface area contributed by atoms with Crippen molar-refractivity contribution < 1.29 is 88.2 Å². The number of carbonyl (C=O) groups excluding carboxylic acids is 2. The summed E-state index contributed by atoms with van der Waals surface area (Å²) in [6.45, 7) is 17.2. The number of benzene rings is 3. The molecule has 11 rings (SSSR count). The van der Waals surface area contributed by atoms with Crippen LogP contribution >= 0.6 is 97.6 Å². The fourth-order valence-electron chi connectivity index (χ4n) is 10.2. The molecule has 1 saturated heterocycles. The number of rotatable bonds is 23. The molecule has 1 aliphatic rings. The molecule has 696 valence electrons. The number of nitrogens with two attached hydrogens (primary N) is 1. The smallest absolute Gasteiger partial charge is 0.493 e. The first-order chi connectivity index (χ1) is 57.8. The summed E-state index contributed by atoms with van der Waals surface area (Å²) < 4.78 is 97.8. The maximum atomic E-state index is 12.4. The molecule has 0 bridgehead atoms. The quantitative estimate of drug-likeness (QED) is 0.00511. The number of methoxy groups -OCH3 is 6. The fourth-order valence-corrected chi connectivity index (χ4v) is 12.4. The van der Waals surface area contributed by atoms with Gasteiger partial charge in [-0.05, 0) is 210 Å². The van der Waals surface area contributed by atoms with Gasteiger partial charge >= 0.3 is 18.3 Å². The van der Waals surface area contributed by atoms with Crippen molar-refractivity contribution in [3.63, 3.8) is 0 Å². The number of aromatic amines is 1. The molecule has 1 aliphatic heterocycles. The Morgan fingerprint density at radius 3 is 1.28 bits per heavy atom. The molecule has 4 N–H and O–H groups in total. The number of nitrogens with one attached hydrogen (secondary N) is 2. The second-order valence-corrected chi connectivity index (χ2v) is 38.6. The van der Waals surface area contributed by atoms with Crippen LogP contribution in [-0.2, 0) is 57.7 Å². The van der Waals surface area contributed by atoms with Crippen LogP contribution in [0.2, 0.25) is 5.15 Å². The van der Waals surface area contributed by atoms with Crippen molar-refractivity contribution in [2.75, 3.05) is 87.2 Å². The van der Waals surface area contributed by atoms with Crippen molar-refractivity contribution in [1.29, 1.82) is 5.41 Å². The lowest BCUT2D eigenvalue weighted by molar-refractivity contribution is -0.145. The van der Waals surface area contributed by atoms with E-state index in [1.54, 1.807) is 146 Å². The van der Waals surface area contributed by atoms with Crippen LogP contribution in [0.25, 0.3) is 22.5 Å². The monoisotopic (exact) mass is 1970 g/mol. The Hall–Kier alpha value is -9.59. The van der Waals surface area contributed by atoms with Gasteiger partial charge in [0, 0.05) is 83.0 Å². The van der Waals surface area contributed by atoms with Crippen molar-refractivity contribution in [2.45, 2.75) is 120 Å². The summed E-state index contributed by atoms with van der Waals surface area (Å²) in [5.74, 6) is 2.34. The van der Waals surface area contributed by atoms with Crippen LogP contribution in [0.3, 0.4) is 0 Å². The number of aromatic nitrogens is 11. The summed E-state index contributed by atoms with van der Waals surface area (Å²) in [6, 6.07) is 33.1. The van der Waals surface area contributed by atoms with E-state index in [-0.39, 0.29) is 58.0 Å². The Kier molecular flexibility index (Phi) is 52.4. The zero-order valence-corrected chi connectivity index (χ0v) is 80.9. The number of hydrogen-bond donors (Lipinski definition) is 3. The Morgan fingerprint density at radius 1 is 0.551 bits per heavy atom. The molecular formula is C80H102BCl4F5N13O18PS5. The predicted octanol–water partition coefficient (Wildman–Crippen LogP) is 14.8. The van der Waals surface area contributed by atoms with E-state index in [1.807, 2.05) is 115 Å². The number of carbonyl (C=O) groups is 2. The molecule has 10 aromatic rings. The van der Waals surface area contributed by atoms with Gasteiger partial charge in [0.25, 0.3) is 22.2 Å². The molecule has 0 atom stereocenters. The number of ether oxygens (including phenoxy) is 7. The van der Waals surface area contributed by atoms with E-state index in [2.05, 4.69) is 78.3 Å². The molecule has 0 spiro atoms. The summed E-state index contributed by atoms with van der Waals surface area (Å²) in [6.07, 6.45) is 13.4. The van der Waals surface area contributed by atoms with Gasteiger partial charge in [-0.15, -0.1) is 0 Å². The van der Waals surface area contributed by atoms with Gasteiger partial charge in [-0.1, -0.05) is 82.9 Å². The van der Waals surface area contributed by atoms with E-state index < -0.39 is 58.2 Å². The van der Waals surface area contributed by atoms with Crippen molar-refractivity contribution >= 4 is 137 Å². The number of nitrogens with zero attached hydrogens (tertiary/aromatic N) is 10. The molecule has 0 saturated carbocycles. The number of halogens is 9. The van der Waals surface area contributed by atoms with Gasteiger partial charge in [0.2, 0.25) is 15.0 Å². The number of Topliss-reactive ketones (excluding diaryl/α,β-unsaturated/α-hetero) is 1. The minimum absolute atomic E-state index is 0. The zero-order valence-electron chi connectivity index (χ0n) is 72.9. The highest BCUT2D eigenvalue weighted by Crippen LogP contribution is 2.61. The Morgan fingerprint density at radius 2 is 0.921 bits per heavy atom. The number of thioether (sulfide) groups is 4. The van der Waals surface area contributed by atoms with Crippen LogP contribution in [-0.4, -0.2) is 184 Å². The standard InChI is InChI=1S/C20H26BNO5.C20H21N3O5S.C20H21N3O3S.C6H7ClN2S.C6H9FO3.C6H8N2OS.C2H6N2S.Cl3OP.4FH/c1-19(2)20(3,4)27-21(26-19)15-8-10-18(23)22(13-15)12-14-7-9-16(24-5)17(11-14)25-6;1-13-9-16(22-20(21-13)29(4,25)26)15-6-8-19(24)23(12-15)11-14-5-7-17(27-2)18(10-14)28-3;1-13-9-16(22-20(21-13)27-4)15-6-8-19(24)23(12-15)11-14-5-7-17(25-2)18(10-14)26-3;1-4-3-5(7)9-6(8-4)10-2;1-2-10-6(9)3-5(8)4-7;1-4-3-5(9)8-6(7-4)10-2;1-5-2(3)4;1-5(2,3)4;;;;/h7-11,13H,12H2,1-6H3;5-10,12H,11H2,1-4H3;5-10,12H,11H2,1-4H3;3H,1-2H3;2-4H2,1H3;3H,1-2H3,(H,7,8,9);1H3,(H3,3,4);;4*1H. The molecule has 3 aromatic carbocycles. The van der Waals surface area contributed by atoms with Gasteiger partial charge in [-0.3, -0.25) is 57.6 Å². The second kappa shape index (κ2) is 56.7. The Bertz CT molecular complexity index is 5640. The lowest BCUT2D eigenvalue weighted by Gasteiger charge is -2.32. The fraction of sp³-hybridized carbons (Fsp3) is 0.350. The number of alkyl halides is 1. The van der Waals surface area contributed by atoms with Gasteiger partial charge in [-0.2, -0.15) is 0 Å². The number of aryl methyl sites for hydroxylation is 4. The number of H-pyrrole nitrogens is 1. The maximum absolute atomic E-state index is 12.4. The molecule has 31 nitrogen and oxygen atoms in total. The van der Waals surface area contributed by atoms with Crippen LogP contribution in [0, 0.1) is 33.1 Å². The molecule has 8 heterocycles. The Labute approximate surface area is 768 Å². The number of pyridine rings is 3. The average Bonchev–Trinajstić information content (AvgIpc) is 1.62. The summed E-state index contributed by atoms with van der Waals surface area (Å²) in [5, 5.41) is 5.81. The first-order valence-corrected chi connectivity index (χ1v) is 48.0. The van der Waals surface area contributed by atoms with Crippen LogP contribution in [0.1, 0.15) is 80.5 Å². The summed E-state index contributed by atoms with van der Waals surface area (Å²) in [5.41, 5.74) is 12.8. The summed E-state index contributed by atoms with van der Waals surface area (Å²) in [4.78, 5) is 100. The summed E-state index contributed by atoms with van der Waals surface area (Å²) >= 11 is 25.2. The minimum atomic E-state index is -3.55. The highest BCUT2D eigenvalue weighted by atomic mass is 36.0. The third-order valence-corrected chi connectivity index (χ3v) is 19.9. The lowest BCUT2D eigenvalue weighted by Crippen LogP contribution is -2.41. The third-order valence-electron chi connectivity index (χ3n) is 16.7. The second-order valence-electron chi connectivity index (χ2n) is 26.5. The SMILES string of the molecule is CCOC(=O)CC(=O)CF.COc1ccc(Cn2cc(-c3cc(C)nc(S(C)(=O)=O)n3)ccc2=O)cc1OC.COc1ccc(Cn2cc(-c3cc(C)nc(SC)n3)ccc2=O)cc1OC.COc1ccc(Cn2cc(B3OC(C)(C)C(C)(C)O3)ccc2=O)cc1OC.CSC(=N)N.CSc1nc(C)cc(=O)[nH]1.CSc1nc(C)cc(Cl)n1.F.F.F.F.O=P(Cl)(Cl)Cl. The molecule has 47 heteroatoms. The van der Waals surface area contributed by atoms with Crippen LogP contribution in [0.4, 0.5) is 23.2 Å². The van der Waals surface area contributed by atoms with E-state index in [0.29, 0.717) is 86.5 Å². The third kappa shape index (κ3) is 40.3. The topological polar surface area (TPSA) is 407 Å². The first-order valence-electron chi connectivity index (χ1n) is 36.4. The molecule has 0 unspecified atom stereocenters. The Balaban J connectivity index is 0.00000152. The van der Waals surface area contributed by atoms with Crippen molar-refractivity contribution in [2.24, 2.45) is 5.73 Å². The molecule has 0 amide bonds. The molecular weight excluding hydrogens is 1870 g/mol. The highest BCUT2D eigenvalue weighted by molar-refractivity contribution is 8.24. The molecule has 0 aliphatic carbocycles. The van der Waals surface area contributed by atoms with E-state index in [9.17, 15) is 46.1 Å². The largest absolute Gasteiger partial charge is 0.496 e. The minimum Gasteiger partial charge on any atom is -0.493 e. The van der Waals surface area contributed by atoms with E-state index in [0.717, 1.165) is 61.9 Å². The highest BCUT2D eigenvalue weighted by Gasteiger charge is 2.52. The lowest BCUT2D eigenvalue weighted by atomic mass is 9.80. The number of amidine groups is 1. The predicted molar refractivity (Wildman–Crippen MR) is 498 cm³/mol. The molecule has 127 heavy (non-hydrogen) atoms. The number of hydrogen-bond acceptors (Lipinski definition) is 30. The first kappa shape index (κ1) is 117. The average molecular weight is 1970 g/mol. The zero-order chi connectivity index (χ0) is 92.3. The van der Waals surface area contributed by atoms with Crippen LogP contribution in [0.5, 0.6) is 34.5 Å². The normalized spacial score (nSPS) is 11.6. The van der Waals surface area contributed by atoms with E-state index >= 15 is 0 Å². The van der Waals surface area contributed by atoms with E-state index in [4.69, 9.17) is 60.5 Å². The maximum Gasteiger partial charge on any atom is 0.496 e. The number of ketones is 1. The van der Waals surface area contributed by atoms with Crippen LogP contribution in [0.15, 0.2) is 174 Å². The molecule has 7 aromatic heterocycles. The van der Waals surface area contributed by atoms with Gasteiger partial charge in [0.05, 0.1) is 91.5 Å². The van der Waals surface area contributed by atoms with Gasteiger partial charge in [0.1, 0.15) is 18.2 Å². The number of esters is 1. The molecule has 0 radical (unpaired) electrons. The van der Waals surface area contributed by atoms with Crippen LogP contribution < -0.4 is 61.9 Å². The van der Waals surface area contributed by atoms with E-state index in [1.165, 1.54) is 63.7 Å². The van der Waals surface area contributed by atoms with Gasteiger partial charge in [0.15, 0.2) is 60.9 Å². The number of sulfone groups is 1. The summed E-state index contributed by atoms with van der Waals surface area (Å²) in [7, 11) is 5.41. The van der Waals surface area contributed by atoms with Crippen molar-refractivity contribution in [1.82, 2.24) is 53.6 Å². The van der Waals surface area contributed by atoms with Gasteiger partial charge < -0.3 is 66.9 Å². The van der Waals surface area contributed by atoms with Crippen molar-refractivity contribution in [3.8, 4) is 57.0 Å².